The molecule has 0 aliphatic heterocycles. The third-order valence-corrected chi connectivity index (χ3v) is 3.49. The zero-order chi connectivity index (χ0) is 15.4. The summed E-state index contributed by atoms with van der Waals surface area (Å²) in [7, 11) is 1.72. The van der Waals surface area contributed by atoms with Crippen molar-refractivity contribution in [3.05, 3.63) is 41.0 Å². The maximum atomic E-state index is 12.3. The summed E-state index contributed by atoms with van der Waals surface area (Å²) in [6, 6.07) is 3.92. The Balaban J connectivity index is 2.14. The van der Waals surface area contributed by atoms with Crippen LogP contribution in [0.5, 0.6) is 0 Å². The number of nitrogens with two attached hydrogens (primary N) is 1. The van der Waals surface area contributed by atoms with E-state index in [1.54, 1.807) is 13.2 Å². The molecule has 0 saturated carbocycles. The maximum absolute atomic E-state index is 12.3. The molecule has 6 heteroatoms. The van der Waals surface area contributed by atoms with Gasteiger partial charge < -0.3 is 11.1 Å². The topological polar surface area (TPSA) is 85.8 Å². The number of anilines is 1. The van der Waals surface area contributed by atoms with Crippen LogP contribution in [0.3, 0.4) is 0 Å². The second-order valence-electron chi connectivity index (χ2n) is 4.83. The molecule has 0 bridgehead atoms. The van der Waals surface area contributed by atoms with Gasteiger partial charge in [0.05, 0.1) is 23.6 Å². The van der Waals surface area contributed by atoms with Gasteiger partial charge in [0.15, 0.2) is 0 Å². The number of nitrogen functional groups attached to an aromatic ring is 1. The summed E-state index contributed by atoms with van der Waals surface area (Å²) in [6.07, 6.45) is 3.31. The van der Waals surface area contributed by atoms with Crippen LogP contribution in [0.1, 0.15) is 41.3 Å². The minimum absolute atomic E-state index is 0.227. The van der Waals surface area contributed by atoms with E-state index >= 15 is 0 Å². The van der Waals surface area contributed by atoms with Crippen LogP contribution in [0, 0.1) is 0 Å². The van der Waals surface area contributed by atoms with E-state index in [1.807, 2.05) is 19.1 Å². The van der Waals surface area contributed by atoms with Crippen LogP contribution in [-0.2, 0) is 26.4 Å². The normalized spacial score (nSPS) is 10.6. The molecule has 1 amide bonds. The Hall–Kier alpha value is -2.37. The smallest absolute Gasteiger partial charge is 0.272 e. The third kappa shape index (κ3) is 3.04. The molecule has 0 spiro atoms. The molecule has 0 atom stereocenters. The summed E-state index contributed by atoms with van der Waals surface area (Å²) in [5.41, 5.74) is 9.59. The van der Waals surface area contributed by atoms with Crippen molar-refractivity contribution in [1.82, 2.24) is 20.1 Å². The molecule has 0 radical (unpaired) electrons. The van der Waals surface area contributed by atoms with Crippen LogP contribution in [0.2, 0.25) is 0 Å². The van der Waals surface area contributed by atoms with Crippen LogP contribution >= 0.6 is 0 Å². The molecule has 21 heavy (non-hydrogen) atoms. The number of aromatic nitrogens is 3. The van der Waals surface area contributed by atoms with E-state index in [-0.39, 0.29) is 5.91 Å². The van der Waals surface area contributed by atoms with E-state index in [9.17, 15) is 4.79 Å². The Morgan fingerprint density at radius 3 is 2.71 bits per heavy atom. The van der Waals surface area contributed by atoms with Crippen LogP contribution in [0.15, 0.2) is 18.3 Å². The number of pyridine rings is 1. The first-order valence-corrected chi connectivity index (χ1v) is 7.10. The highest BCUT2D eigenvalue weighted by atomic mass is 16.2. The molecule has 0 aromatic carbocycles. The summed E-state index contributed by atoms with van der Waals surface area (Å²) < 4.78 is 1.53. The van der Waals surface area contributed by atoms with Gasteiger partial charge in [0.25, 0.3) is 5.91 Å². The fourth-order valence-corrected chi connectivity index (χ4v) is 2.33. The Kier molecular flexibility index (Phi) is 4.57. The quantitative estimate of drug-likeness (QED) is 0.871. The summed E-state index contributed by atoms with van der Waals surface area (Å²) >= 11 is 0. The molecule has 0 saturated heterocycles. The lowest BCUT2D eigenvalue weighted by Crippen LogP contribution is -2.27. The number of hydrogen-bond donors (Lipinski definition) is 2. The zero-order valence-corrected chi connectivity index (χ0v) is 12.7. The monoisotopic (exact) mass is 287 g/mol. The second-order valence-corrected chi connectivity index (χ2v) is 4.83. The maximum Gasteiger partial charge on any atom is 0.272 e. The number of carbonyl (C=O) groups excluding carboxylic acids is 1. The molecule has 0 aliphatic carbocycles. The highest BCUT2D eigenvalue weighted by Crippen LogP contribution is 2.17. The van der Waals surface area contributed by atoms with E-state index in [2.05, 4.69) is 22.3 Å². The van der Waals surface area contributed by atoms with Crippen molar-refractivity contribution in [2.75, 3.05) is 5.73 Å². The summed E-state index contributed by atoms with van der Waals surface area (Å²) in [4.78, 5) is 16.6. The predicted molar refractivity (Wildman–Crippen MR) is 81.8 cm³/mol. The van der Waals surface area contributed by atoms with Crippen LogP contribution in [0.4, 0.5) is 5.69 Å². The lowest BCUT2D eigenvalue weighted by Gasteiger charge is -2.09. The molecular weight excluding hydrogens is 266 g/mol. The molecule has 2 heterocycles. The van der Waals surface area contributed by atoms with Crippen molar-refractivity contribution in [3.8, 4) is 0 Å². The van der Waals surface area contributed by atoms with Crippen molar-refractivity contribution < 1.29 is 4.79 Å². The van der Waals surface area contributed by atoms with E-state index in [0.717, 1.165) is 23.4 Å². The lowest BCUT2D eigenvalue weighted by molar-refractivity contribution is 0.0942. The highest BCUT2D eigenvalue weighted by molar-refractivity contribution is 5.97. The van der Waals surface area contributed by atoms with E-state index in [4.69, 9.17) is 5.73 Å². The Morgan fingerprint density at radius 1 is 1.33 bits per heavy atom. The average molecular weight is 287 g/mol. The molecule has 2 rings (SSSR count). The number of nitrogens with zero attached hydrogens (tertiary/aromatic N) is 3. The van der Waals surface area contributed by atoms with Crippen LogP contribution in [-0.4, -0.2) is 20.7 Å². The molecule has 6 nitrogen and oxygen atoms in total. The average Bonchev–Trinajstić information content (AvgIpc) is 2.79. The van der Waals surface area contributed by atoms with Crippen molar-refractivity contribution in [3.63, 3.8) is 0 Å². The van der Waals surface area contributed by atoms with E-state index in [1.165, 1.54) is 4.68 Å². The zero-order valence-electron chi connectivity index (χ0n) is 12.7. The fraction of sp³-hybridized carbons (Fsp3) is 0.400. The van der Waals surface area contributed by atoms with Gasteiger partial charge in [0.1, 0.15) is 5.69 Å². The minimum atomic E-state index is -0.227. The number of carbonyl (C=O) groups is 1. The van der Waals surface area contributed by atoms with E-state index < -0.39 is 0 Å². The summed E-state index contributed by atoms with van der Waals surface area (Å²) in [5.74, 6) is -0.227. The molecule has 0 aliphatic rings. The van der Waals surface area contributed by atoms with Crippen LogP contribution in [0.25, 0.3) is 0 Å². The van der Waals surface area contributed by atoms with Gasteiger partial charge in [-0.25, -0.2) is 0 Å². The fourth-order valence-electron chi connectivity index (χ4n) is 2.33. The van der Waals surface area contributed by atoms with Gasteiger partial charge in [-0.15, -0.1) is 0 Å². The Bertz CT molecular complexity index is 648. The van der Waals surface area contributed by atoms with Gasteiger partial charge in [-0.3, -0.25) is 14.5 Å². The Morgan fingerprint density at radius 2 is 2.10 bits per heavy atom. The predicted octanol–water partition coefficient (Wildman–Crippen LogP) is 1.45. The number of aryl methyl sites for hydroxylation is 3. The van der Waals surface area contributed by atoms with Gasteiger partial charge in [-0.1, -0.05) is 19.9 Å². The van der Waals surface area contributed by atoms with E-state index in [0.29, 0.717) is 24.3 Å². The highest BCUT2D eigenvalue weighted by Gasteiger charge is 2.19. The van der Waals surface area contributed by atoms with Crippen molar-refractivity contribution >= 4 is 11.6 Å². The summed E-state index contributed by atoms with van der Waals surface area (Å²) in [6.45, 7) is 4.41. The lowest BCUT2D eigenvalue weighted by atomic mass is 10.1. The second kappa shape index (κ2) is 6.39. The molecular formula is C15H21N5O. The first-order valence-electron chi connectivity index (χ1n) is 7.10. The van der Waals surface area contributed by atoms with Crippen LogP contribution < -0.4 is 11.1 Å². The Labute approximate surface area is 124 Å². The van der Waals surface area contributed by atoms with Gasteiger partial charge in [0, 0.05) is 13.2 Å². The molecule has 0 fully saturated rings. The molecule has 2 aromatic rings. The molecule has 3 N–H and O–H groups in total. The largest absolute Gasteiger partial charge is 0.395 e. The standard InChI is InChI=1S/C15H21N5O/c1-4-10-7-6-8-17-12(10)9-18-15(21)14-13(16)11(5-2)19-20(14)3/h6-8H,4-5,9,16H2,1-3H3,(H,18,21). The van der Waals surface area contributed by atoms with Gasteiger partial charge in [-0.2, -0.15) is 5.10 Å². The number of rotatable bonds is 5. The van der Waals surface area contributed by atoms with Gasteiger partial charge >= 0.3 is 0 Å². The first-order chi connectivity index (χ1) is 10.1. The first kappa shape index (κ1) is 15.0. The molecule has 2 aromatic heterocycles. The number of nitrogens with one attached hydrogen (secondary N) is 1. The van der Waals surface area contributed by atoms with Crippen molar-refractivity contribution in [2.45, 2.75) is 33.2 Å². The van der Waals surface area contributed by atoms with Gasteiger partial charge in [-0.05, 0) is 24.5 Å². The minimum Gasteiger partial charge on any atom is -0.395 e. The molecule has 112 valence electrons. The summed E-state index contributed by atoms with van der Waals surface area (Å²) in [5, 5.41) is 7.12. The molecule has 0 unspecified atom stereocenters. The van der Waals surface area contributed by atoms with Gasteiger partial charge in [0.2, 0.25) is 0 Å². The van der Waals surface area contributed by atoms with Crippen molar-refractivity contribution in [2.24, 2.45) is 7.05 Å². The van der Waals surface area contributed by atoms with Crippen molar-refractivity contribution in [1.29, 1.82) is 0 Å². The number of amides is 1. The third-order valence-electron chi connectivity index (χ3n) is 3.49. The number of hydrogen-bond acceptors (Lipinski definition) is 4. The SMILES string of the molecule is CCc1cccnc1CNC(=O)c1c(N)c(CC)nn1C.